The maximum absolute atomic E-state index is 9.73. The zero-order valence-electron chi connectivity index (χ0n) is 8.91. The SMILES string of the molecule is OC(CNCc1cccs1)Cn1cccn1. The van der Waals surface area contributed by atoms with E-state index >= 15 is 0 Å². The van der Waals surface area contributed by atoms with Gasteiger partial charge in [0.05, 0.1) is 12.6 Å². The van der Waals surface area contributed by atoms with E-state index in [1.807, 2.05) is 18.3 Å². The van der Waals surface area contributed by atoms with Crippen molar-refractivity contribution in [1.82, 2.24) is 15.1 Å². The summed E-state index contributed by atoms with van der Waals surface area (Å²) >= 11 is 1.72. The number of hydrogen-bond donors (Lipinski definition) is 2. The van der Waals surface area contributed by atoms with Crippen molar-refractivity contribution in [2.24, 2.45) is 0 Å². The summed E-state index contributed by atoms with van der Waals surface area (Å²) in [5.74, 6) is 0. The Morgan fingerprint density at radius 1 is 1.50 bits per heavy atom. The zero-order chi connectivity index (χ0) is 11.2. The summed E-state index contributed by atoms with van der Waals surface area (Å²) in [6.45, 7) is 1.93. The van der Waals surface area contributed by atoms with Gasteiger partial charge in [-0.15, -0.1) is 11.3 Å². The molecule has 0 aliphatic carbocycles. The van der Waals surface area contributed by atoms with Crippen LogP contribution in [0.5, 0.6) is 0 Å². The van der Waals surface area contributed by atoms with Crippen molar-refractivity contribution in [3.05, 3.63) is 40.8 Å². The number of nitrogens with zero attached hydrogens (tertiary/aromatic N) is 2. The van der Waals surface area contributed by atoms with Crippen LogP contribution in [0.2, 0.25) is 0 Å². The Kier molecular flexibility index (Phi) is 4.10. The van der Waals surface area contributed by atoms with E-state index in [1.165, 1.54) is 4.88 Å². The van der Waals surface area contributed by atoms with Crippen LogP contribution in [0.15, 0.2) is 36.0 Å². The lowest BCUT2D eigenvalue weighted by molar-refractivity contribution is 0.146. The van der Waals surface area contributed by atoms with Crippen molar-refractivity contribution in [1.29, 1.82) is 0 Å². The van der Waals surface area contributed by atoms with Crippen LogP contribution in [0.1, 0.15) is 4.88 Å². The Labute approximate surface area is 98.5 Å². The Hall–Kier alpha value is -1.17. The molecule has 0 aromatic carbocycles. The van der Waals surface area contributed by atoms with Crippen molar-refractivity contribution in [2.75, 3.05) is 6.54 Å². The molecule has 0 aliphatic rings. The molecule has 0 amide bonds. The van der Waals surface area contributed by atoms with Gasteiger partial charge in [0.1, 0.15) is 0 Å². The second-order valence-electron chi connectivity index (χ2n) is 3.59. The number of thiophene rings is 1. The molecule has 0 bridgehead atoms. The zero-order valence-corrected chi connectivity index (χ0v) is 9.73. The average Bonchev–Trinajstić information content (AvgIpc) is 2.90. The van der Waals surface area contributed by atoms with E-state index in [-0.39, 0.29) is 0 Å². The highest BCUT2D eigenvalue weighted by atomic mass is 32.1. The Bertz CT molecular complexity index is 385. The molecule has 4 nitrogen and oxygen atoms in total. The maximum Gasteiger partial charge on any atom is 0.0860 e. The number of aromatic nitrogens is 2. The van der Waals surface area contributed by atoms with E-state index in [4.69, 9.17) is 0 Å². The molecule has 0 radical (unpaired) electrons. The second-order valence-corrected chi connectivity index (χ2v) is 4.62. The molecule has 2 aromatic rings. The van der Waals surface area contributed by atoms with Crippen LogP contribution in [-0.2, 0) is 13.1 Å². The largest absolute Gasteiger partial charge is 0.390 e. The van der Waals surface area contributed by atoms with Crippen molar-refractivity contribution in [3.8, 4) is 0 Å². The van der Waals surface area contributed by atoms with Gasteiger partial charge in [0, 0.05) is 30.4 Å². The van der Waals surface area contributed by atoms with Gasteiger partial charge in [-0.1, -0.05) is 6.07 Å². The quantitative estimate of drug-likeness (QED) is 0.791. The first-order chi connectivity index (χ1) is 7.84. The molecule has 0 saturated heterocycles. The first-order valence-electron chi connectivity index (χ1n) is 5.23. The molecule has 0 saturated carbocycles. The predicted octanol–water partition coefficient (Wildman–Crippen LogP) is 1.10. The molecule has 0 fully saturated rings. The number of hydrogen-bond acceptors (Lipinski definition) is 4. The van der Waals surface area contributed by atoms with Crippen LogP contribution in [0.4, 0.5) is 0 Å². The smallest absolute Gasteiger partial charge is 0.0860 e. The number of rotatable bonds is 6. The van der Waals surface area contributed by atoms with Crippen LogP contribution in [0.3, 0.4) is 0 Å². The van der Waals surface area contributed by atoms with Gasteiger partial charge in [0.2, 0.25) is 0 Å². The van der Waals surface area contributed by atoms with Gasteiger partial charge < -0.3 is 10.4 Å². The van der Waals surface area contributed by atoms with Gasteiger partial charge in [0.25, 0.3) is 0 Å². The topological polar surface area (TPSA) is 50.1 Å². The van der Waals surface area contributed by atoms with Gasteiger partial charge in [-0.3, -0.25) is 4.68 Å². The lowest BCUT2D eigenvalue weighted by atomic mass is 10.3. The third-order valence-electron chi connectivity index (χ3n) is 2.22. The molecule has 2 aromatic heterocycles. The van der Waals surface area contributed by atoms with Gasteiger partial charge in [0.15, 0.2) is 0 Å². The summed E-state index contributed by atoms with van der Waals surface area (Å²) in [5.41, 5.74) is 0. The third kappa shape index (κ3) is 3.44. The van der Waals surface area contributed by atoms with E-state index in [2.05, 4.69) is 21.9 Å². The first-order valence-corrected chi connectivity index (χ1v) is 6.11. The summed E-state index contributed by atoms with van der Waals surface area (Å²) in [5, 5.41) is 19.0. The van der Waals surface area contributed by atoms with Crippen molar-refractivity contribution in [2.45, 2.75) is 19.2 Å². The van der Waals surface area contributed by atoms with Crippen LogP contribution in [-0.4, -0.2) is 27.5 Å². The summed E-state index contributed by atoms with van der Waals surface area (Å²) in [4.78, 5) is 1.28. The number of aliphatic hydroxyl groups is 1. The number of nitrogens with one attached hydrogen (secondary N) is 1. The summed E-state index contributed by atoms with van der Waals surface area (Å²) in [6.07, 6.45) is 3.16. The molecule has 0 aliphatic heterocycles. The molecule has 2 heterocycles. The van der Waals surface area contributed by atoms with E-state index in [1.54, 1.807) is 22.2 Å². The van der Waals surface area contributed by atoms with Gasteiger partial charge in [-0.2, -0.15) is 5.10 Å². The highest BCUT2D eigenvalue weighted by molar-refractivity contribution is 7.09. The third-order valence-corrected chi connectivity index (χ3v) is 3.09. The van der Waals surface area contributed by atoms with E-state index in [9.17, 15) is 5.11 Å². The molecule has 2 N–H and O–H groups in total. The van der Waals surface area contributed by atoms with Crippen molar-refractivity contribution >= 4 is 11.3 Å². The van der Waals surface area contributed by atoms with Gasteiger partial charge >= 0.3 is 0 Å². The van der Waals surface area contributed by atoms with Gasteiger partial charge in [-0.05, 0) is 17.5 Å². The highest BCUT2D eigenvalue weighted by Gasteiger charge is 2.04. The molecule has 0 spiro atoms. The molecule has 16 heavy (non-hydrogen) atoms. The molecule has 1 unspecified atom stereocenters. The normalized spacial score (nSPS) is 12.8. The second kappa shape index (κ2) is 5.79. The Balaban J connectivity index is 1.66. The highest BCUT2D eigenvalue weighted by Crippen LogP contribution is 2.07. The standard InChI is InChI=1S/C11H15N3OS/c15-10(9-14-5-2-4-13-14)7-12-8-11-3-1-6-16-11/h1-6,10,12,15H,7-9H2. The number of aliphatic hydroxyl groups excluding tert-OH is 1. The van der Waals surface area contributed by atoms with E-state index in [0.717, 1.165) is 6.54 Å². The Morgan fingerprint density at radius 2 is 2.44 bits per heavy atom. The fourth-order valence-electron chi connectivity index (χ4n) is 1.46. The summed E-state index contributed by atoms with van der Waals surface area (Å²) < 4.78 is 1.73. The molecule has 1 atom stereocenters. The van der Waals surface area contributed by atoms with Crippen molar-refractivity contribution in [3.63, 3.8) is 0 Å². The van der Waals surface area contributed by atoms with Gasteiger partial charge in [-0.25, -0.2) is 0 Å². The minimum atomic E-state index is -0.403. The van der Waals surface area contributed by atoms with Crippen LogP contribution in [0, 0.1) is 0 Å². The van der Waals surface area contributed by atoms with Crippen molar-refractivity contribution < 1.29 is 5.11 Å². The monoisotopic (exact) mass is 237 g/mol. The van der Waals surface area contributed by atoms with E-state index < -0.39 is 6.10 Å². The predicted molar refractivity (Wildman–Crippen MR) is 64.3 cm³/mol. The summed E-state index contributed by atoms with van der Waals surface area (Å²) in [6, 6.07) is 5.96. The van der Waals surface area contributed by atoms with Crippen LogP contribution >= 0.6 is 11.3 Å². The van der Waals surface area contributed by atoms with E-state index in [0.29, 0.717) is 13.1 Å². The molecule has 86 valence electrons. The minimum Gasteiger partial charge on any atom is -0.390 e. The maximum atomic E-state index is 9.73. The first kappa shape index (κ1) is 11.3. The van der Waals surface area contributed by atoms with Crippen LogP contribution < -0.4 is 5.32 Å². The average molecular weight is 237 g/mol. The van der Waals surface area contributed by atoms with Crippen LogP contribution in [0.25, 0.3) is 0 Å². The molecule has 5 heteroatoms. The molecule has 2 rings (SSSR count). The fourth-order valence-corrected chi connectivity index (χ4v) is 2.14. The molecular weight excluding hydrogens is 222 g/mol. The summed E-state index contributed by atoms with van der Waals surface area (Å²) in [7, 11) is 0. The fraction of sp³-hybridized carbons (Fsp3) is 0.364. The minimum absolute atomic E-state index is 0.403. The lowest BCUT2D eigenvalue weighted by Crippen LogP contribution is -2.29. The Morgan fingerprint density at radius 3 is 3.12 bits per heavy atom. The lowest BCUT2D eigenvalue weighted by Gasteiger charge is -2.11. The molecular formula is C11H15N3OS.